The highest BCUT2D eigenvalue weighted by Crippen LogP contribution is 2.32. The molecule has 2 heterocycles. The Kier molecular flexibility index (Phi) is 4.30. The Morgan fingerprint density at radius 3 is 2.70 bits per heavy atom. The highest BCUT2D eigenvalue weighted by molar-refractivity contribution is 6.31. The van der Waals surface area contributed by atoms with Gasteiger partial charge in [-0.3, -0.25) is 4.79 Å². The molecule has 1 amide bonds. The molecule has 3 rings (SSSR count). The largest absolute Gasteiger partial charge is 0.338 e. The summed E-state index contributed by atoms with van der Waals surface area (Å²) in [5.41, 5.74) is -1.54. The van der Waals surface area contributed by atoms with Gasteiger partial charge >= 0.3 is 0 Å². The number of nitrogens with zero attached hydrogens (tertiary/aromatic N) is 3. The lowest BCUT2D eigenvalue weighted by Gasteiger charge is -2.36. The molecule has 0 saturated carbocycles. The number of benzene rings is 1. The Hall–Kier alpha value is -2.08. The van der Waals surface area contributed by atoms with Crippen LogP contribution in [0.2, 0.25) is 5.02 Å². The molecule has 1 fully saturated rings. The fourth-order valence-electron chi connectivity index (χ4n) is 2.99. The molecule has 7 heteroatoms. The number of aromatic nitrogens is 2. The van der Waals surface area contributed by atoms with E-state index in [1.807, 2.05) is 0 Å². The molecule has 0 unspecified atom stereocenters. The average molecular weight is 399 g/mol. The number of aryl methyl sites for hydroxylation is 2. The highest BCUT2D eigenvalue weighted by Gasteiger charge is 2.35. The maximum Gasteiger partial charge on any atom is 0.253 e. The third kappa shape index (κ3) is 5.01. The topological polar surface area (TPSA) is 46.1 Å². The minimum atomic E-state index is -2.39. The van der Waals surface area contributed by atoms with E-state index in [9.17, 15) is 9.18 Å². The Labute approximate surface area is 169 Å². The first-order chi connectivity index (χ1) is 14.8. The quantitative estimate of drug-likeness (QED) is 0.742. The predicted molar refractivity (Wildman–Crippen MR) is 100 cm³/mol. The van der Waals surface area contributed by atoms with Crippen LogP contribution in [-0.4, -0.2) is 39.5 Å². The number of likely N-dealkylation sites (tertiary alicyclic amines) is 1. The maximum atomic E-state index is 15.3. The highest BCUT2D eigenvalue weighted by atomic mass is 35.5. The second-order valence-electron chi connectivity index (χ2n) is 6.54. The number of carbonyl (C=O) groups excluding carboxylic acids is 1. The van der Waals surface area contributed by atoms with E-state index in [-0.39, 0.29) is 66.7 Å². The third-order valence-corrected chi connectivity index (χ3v) is 4.91. The zero-order valence-electron chi connectivity index (χ0n) is 19.5. The van der Waals surface area contributed by atoms with E-state index in [4.69, 9.17) is 18.5 Å². The van der Waals surface area contributed by atoms with Gasteiger partial charge in [-0.05, 0) is 56.3 Å². The molecule has 4 nitrogen and oxygen atoms in total. The van der Waals surface area contributed by atoms with Gasteiger partial charge in [-0.25, -0.2) is 18.7 Å². The van der Waals surface area contributed by atoms with Crippen molar-refractivity contribution in [2.45, 2.75) is 44.6 Å². The zero-order valence-corrected chi connectivity index (χ0v) is 15.3. The van der Waals surface area contributed by atoms with Gasteiger partial charge < -0.3 is 4.90 Å². The number of rotatable bonds is 5. The van der Waals surface area contributed by atoms with Crippen LogP contribution >= 0.6 is 11.6 Å². The number of alkyl halides is 1. The summed E-state index contributed by atoms with van der Waals surface area (Å²) in [5.74, 6) is -1.20. The van der Waals surface area contributed by atoms with Gasteiger partial charge in [0.05, 0.1) is 5.02 Å². The molecular formula is C20H22ClF2N3O. The second kappa shape index (κ2) is 8.30. The van der Waals surface area contributed by atoms with Gasteiger partial charge in [0.1, 0.15) is 17.3 Å². The van der Waals surface area contributed by atoms with Crippen LogP contribution in [0.4, 0.5) is 8.78 Å². The van der Waals surface area contributed by atoms with Gasteiger partial charge in [0.2, 0.25) is 0 Å². The summed E-state index contributed by atoms with van der Waals surface area (Å²) < 4.78 is 66.9. The van der Waals surface area contributed by atoms with Gasteiger partial charge in [0.25, 0.3) is 5.91 Å². The molecule has 2 aromatic rings. The third-order valence-electron chi connectivity index (χ3n) is 4.62. The summed E-state index contributed by atoms with van der Waals surface area (Å²) >= 11 is 5.73. The molecule has 144 valence electrons. The number of hydrogen-bond donors (Lipinski definition) is 0. The minimum Gasteiger partial charge on any atom is -0.338 e. The van der Waals surface area contributed by atoms with E-state index in [1.165, 1.54) is 17.0 Å². The molecule has 1 aromatic carbocycles. The van der Waals surface area contributed by atoms with Gasteiger partial charge in [-0.2, -0.15) is 0 Å². The van der Waals surface area contributed by atoms with Crippen molar-refractivity contribution < 1.29 is 20.4 Å². The summed E-state index contributed by atoms with van der Waals surface area (Å²) in [6.45, 7) is -2.12. The van der Waals surface area contributed by atoms with Crippen molar-refractivity contribution in [2.75, 3.05) is 13.1 Å². The average Bonchev–Trinajstić information content (AvgIpc) is 2.74. The summed E-state index contributed by atoms with van der Waals surface area (Å²) in [6, 6.07) is 3.67. The van der Waals surface area contributed by atoms with E-state index < -0.39 is 24.7 Å². The Balaban J connectivity index is 1.58. The SMILES string of the molecule is [2H]C([2H])([2H])c1cnc(C([2H])([2H])CCC2(F)CCN(C(=O)c3ccc(F)c(Cl)c3)CC2)nc1. The fourth-order valence-corrected chi connectivity index (χ4v) is 3.17. The molecule has 0 radical (unpaired) electrons. The number of carbonyl (C=O) groups is 1. The van der Waals surface area contributed by atoms with Crippen LogP contribution in [0, 0.1) is 12.7 Å². The first kappa shape index (κ1) is 14.0. The van der Waals surface area contributed by atoms with Gasteiger partial charge in [0.15, 0.2) is 0 Å². The van der Waals surface area contributed by atoms with E-state index in [0.717, 1.165) is 18.5 Å². The first-order valence-electron chi connectivity index (χ1n) is 11.1. The summed E-state index contributed by atoms with van der Waals surface area (Å²) in [4.78, 5) is 21.7. The van der Waals surface area contributed by atoms with Gasteiger partial charge in [0, 0.05) is 44.3 Å². The van der Waals surface area contributed by atoms with E-state index in [0.29, 0.717) is 0 Å². The minimum absolute atomic E-state index is 0.0303. The van der Waals surface area contributed by atoms with Crippen molar-refractivity contribution >= 4 is 17.5 Å². The van der Waals surface area contributed by atoms with Crippen molar-refractivity contribution in [1.29, 1.82) is 0 Å². The monoisotopic (exact) mass is 398 g/mol. The van der Waals surface area contributed by atoms with Crippen LogP contribution in [0.25, 0.3) is 0 Å². The molecule has 1 aromatic heterocycles. The standard InChI is InChI=1S/C20H22ClF2N3O/c1-14-12-24-18(25-13-14)3-2-6-20(23)7-9-26(10-8-20)19(27)15-4-5-17(22)16(21)11-15/h4-5,11-13H,2-3,6-10H2,1H3/i1D3,3D2. The van der Waals surface area contributed by atoms with Crippen molar-refractivity contribution in [3.05, 3.63) is 58.4 Å². The van der Waals surface area contributed by atoms with E-state index >= 15 is 4.39 Å². The first-order valence-corrected chi connectivity index (χ1v) is 8.95. The van der Waals surface area contributed by atoms with Crippen molar-refractivity contribution in [3.63, 3.8) is 0 Å². The molecule has 0 aliphatic carbocycles. The number of hydrogen-bond acceptors (Lipinski definition) is 3. The zero-order chi connectivity index (χ0) is 23.7. The lowest BCUT2D eigenvalue weighted by atomic mass is 9.88. The lowest BCUT2D eigenvalue weighted by Crippen LogP contribution is -2.44. The molecule has 1 aliphatic rings. The van der Waals surface area contributed by atoms with Crippen LogP contribution in [0.3, 0.4) is 0 Å². The lowest BCUT2D eigenvalue weighted by molar-refractivity contribution is 0.0389. The summed E-state index contributed by atoms with van der Waals surface area (Å²) in [6.07, 6.45) is -0.156. The Morgan fingerprint density at radius 1 is 1.37 bits per heavy atom. The van der Waals surface area contributed by atoms with Gasteiger partial charge in [-0.15, -0.1) is 0 Å². The summed E-state index contributed by atoms with van der Waals surface area (Å²) in [7, 11) is 0. The smallest absolute Gasteiger partial charge is 0.253 e. The van der Waals surface area contributed by atoms with Gasteiger partial charge in [-0.1, -0.05) is 11.6 Å². The van der Waals surface area contributed by atoms with Crippen molar-refractivity contribution in [2.24, 2.45) is 0 Å². The second-order valence-corrected chi connectivity index (χ2v) is 6.95. The molecular weight excluding hydrogens is 372 g/mol. The molecule has 0 bridgehead atoms. The van der Waals surface area contributed by atoms with Crippen LogP contribution in [0.1, 0.15) is 54.3 Å². The Bertz CT molecular complexity index is 980. The van der Waals surface area contributed by atoms with Crippen molar-refractivity contribution in [1.82, 2.24) is 14.9 Å². The van der Waals surface area contributed by atoms with E-state index in [2.05, 4.69) is 9.97 Å². The van der Waals surface area contributed by atoms with Crippen LogP contribution in [0.15, 0.2) is 30.6 Å². The Morgan fingerprint density at radius 2 is 2.07 bits per heavy atom. The molecule has 27 heavy (non-hydrogen) atoms. The predicted octanol–water partition coefficient (Wildman–Crippen LogP) is 4.54. The van der Waals surface area contributed by atoms with Crippen LogP contribution in [0.5, 0.6) is 0 Å². The van der Waals surface area contributed by atoms with E-state index in [1.54, 1.807) is 0 Å². The molecule has 0 N–H and O–H groups in total. The maximum absolute atomic E-state index is 15.3. The van der Waals surface area contributed by atoms with Crippen molar-refractivity contribution in [3.8, 4) is 0 Å². The number of halogens is 3. The molecule has 0 atom stereocenters. The van der Waals surface area contributed by atoms with Crippen LogP contribution < -0.4 is 0 Å². The fraction of sp³-hybridized carbons (Fsp3) is 0.450. The molecule has 1 aliphatic heterocycles. The van der Waals surface area contributed by atoms with Crippen LogP contribution in [-0.2, 0) is 6.37 Å². The molecule has 1 saturated heterocycles. The number of amides is 1. The normalized spacial score (nSPS) is 20.1. The number of piperidine rings is 1. The molecule has 0 spiro atoms. The summed E-state index contributed by atoms with van der Waals surface area (Å²) in [5, 5.41) is -0.163.